The maximum Gasteiger partial charge on any atom is 0.141 e. The Kier molecular flexibility index (Phi) is 4.01. The summed E-state index contributed by atoms with van der Waals surface area (Å²) in [7, 11) is 0. The van der Waals surface area contributed by atoms with E-state index in [0.717, 1.165) is 6.42 Å². The summed E-state index contributed by atoms with van der Waals surface area (Å²) in [6.07, 6.45) is 8.40. The molecule has 1 heteroatoms. The average Bonchev–Trinajstić information content (AvgIpc) is 2.50. The van der Waals surface area contributed by atoms with Crippen molar-refractivity contribution in [3.05, 3.63) is 23.8 Å². The van der Waals surface area contributed by atoms with E-state index in [4.69, 9.17) is 0 Å². The lowest BCUT2D eigenvalue weighted by atomic mass is 9.76. The van der Waals surface area contributed by atoms with E-state index >= 15 is 0 Å². The molecule has 0 aliphatic heterocycles. The first-order valence-corrected chi connectivity index (χ1v) is 6.61. The second kappa shape index (κ2) is 4.80. The molecule has 1 rings (SSSR count). The predicted molar refractivity (Wildman–Crippen MR) is 73.9 cm³/mol. The van der Waals surface area contributed by atoms with Gasteiger partial charge in [0.2, 0.25) is 0 Å². The largest absolute Gasteiger partial charge is 0.299 e. The van der Waals surface area contributed by atoms with Gasteiger partial charge in [-0.05, 0) is 38.5 Å². The second-order valence-corrected chi connectivity index (χ2v) is 6.31. The molecule has 17 heavy (non-hydrogen) atoms. The summed E-state index contributed by atoms with van der Waals surface area (Å²) in [5, 5.41) is 0. The quantitative estimate of drug-likeness (QED) is 0.653. The molecule has 1 unspecified atom stereocenters. The van der Waals surface area contributed by atoms with Gasteiger partial charge in [-0.3, -0.25) is 4.79 Å². The summed E-state index contributed by atoms with van der Waals surface area (Å²) in [6, 6.07) is 0. The number of hydrogen-bond donors (Lipinski definition) is 0. The van der Waals surface area contributed by atoms with Crippen molar-refractivity contribution in [1.82, 2.24) is 0 Å². The molecule has 0 bridgehead atoms. The van der Waals surface area contributed by atoms with E-state index in [1.807, 2.05) is 20.8 Å². The first-order valence-electron chi connectivity index (χ1n) is 6.61. The van der Waals surface area contributed by atoms with Crippen molar-refractivity contribution in [1.29, 1.82) is 0 Å². The van der Waals surface area contributed by atoms with Gasteiger partial charge in [0.05, 0.1) is 0 Å². The fourth-order valence-electron chi connectivity index (χ4n) is 2.38. The van der Waals surface area contributed by atoms with Crippen LogP contribution < -0.4 is 0 Å². The van der Waals surface area contributed by atoms with E-state index in [1.165, 1.54) is 5.57 Å². The highest BCUT2D eigenvalue weighted by Crippen LogP contribution is 2.44. The van der Waals surface area contributed by atoms with Crippen LogP contribution in [0, 0.1) is 16.7 Å². The van der Waals surface area contributed by atoms with Crippen LogP contribution in [-0.2, 0) is 4.79 Å². The summed E-state index contributed by atoms with van der Waals surface area (Å²) in [6.45, 7) is 12.7. The topological polar surface area (TPSA) is 17.1 Å². The molecule has 0 aromatic heterocycles. The molecule has 0 aromatic rings. The Hall–Kier alpha value is -0.850. The summed E-state index contributed by atoms with van der Waals surface area (Å²) >= 11 is 0. The second-order valence-electron chi connectivity index (χ2n) is 6.31. The number of hydrogen-bond acceptors (Lipinski definition) is 1. The van der Waals surface area contributed by atoms with Crippen LogP contribution in [0.2, 0.25) is 0 Å². The Labute approximate surface area is 106 Å². The maximum absolute atomic E-state index is 11.8. The molecule has 1 aliphatic rings. The third kappa shape index (κ3) is 2.88. The van der Waals surface area contributed by atoms with Gasteiger partial charge in [0, 0.05) is 11.8 Å². The van der Waals surface area contributed by atoms with Crippen LogP contribution >= 0.6 is 0 Å². The Balaban J connectivity index is 2.77. The standard InChI is InChI=1S/C16H26O/c1-7-14(17)15(3,4)11-10-13-9-8-12(2)16(13,5)6/h8,10-11,13H,7,9H2,1-6H3/b11-10+. The van der Waals surface area contributed by atoms with E-state index in [0.29, 0.717) is 18.1 Å². The van der Waals surface area contributed by atoms with E-state index in [2.05, 4.69) is 39.0 Å². The van der Waals surface area contributed by atoms with Crippen LogP contribution in [0.1, 0.15) is 54.4 Å². The SMILES string of the molecule is CCC(=O)C(C)(C)/C=C/C1CC=C(C)C1(C)C. The molecule has 0 aromatic carbocycles. The minimum absolute atomic E-state index is 0.238. The number of Topliss-reactive ketones (excluding diaryl/α,β-unsaturated/α-hetero) is 1. The molecule has 0 fully saturated rings. The van der Waals surface area contributed by atoms with Crippen LogP contribution in [0.3, 0.4) is 0 Å². The predicted octanol–water partition coefficient (Wildman–Crippen LogP) is 4.54. The number of ketones is 1. The normalized spacial score (nSPS) is 24.1. The molecule has 0 N–H and O–H groups in total. The van der Waals surface area contributed by atoms with Gasteiger partial charge in [0.1, 0.15) is 5.78 Å². The van der Waals surface area contributed by atoms with Gasteiger partial charge in [-0.25, -0.2) is 0 Å². The Bertz CT molecular complexity index is 356. The molecule has 0 spiro atoms. The molecule has 1 nitrogen and oxygen atoms in total. The van der Waals surface area contributed by atoms with Crippen molar-refractivity contribution in [2.24, 2.45) is 16.7 Å². The zero-order chi connectivity index (χ0) is 13.3. The summed E-state index contributed by atoms with van der Waals surface area (Å²) in [5.74, 6) is 0.848. The fraction of sp³-hybridized carbons (Fsp3) is 0.688. The molecular formula is C16H26O. The van der Waals surface area contributed by atoms with Crippen molar-refractivity contribution >= 4 is 5.78 Å². The molecule has 0 radical (unpaired) electrons. The number of rotatable bonds is 4. The van der Waals surface area contributed by atoms with Gasteiger partial charge in [0.25, 0.3) is 0 Å². The average molecular weight is 234 g/mol. The van der Waals surface area contributed by atoms with Gasteiger partial charge in [-0.2, -0.15) is 0 Å². The highest BCUT2D eigenvalue weighted by atomic mass is 16.1. The molecule has 96 valence electrons. The van der Waals surface area contributed by atoms with Gasteiger partial charge >= 0.3 is 0 Å². The minimum atomic E-state index is -0.318. The van der Waals surface area contributed by atoms with Crippen LogP contribution in [0.15, 0.2) is 23.8 Å². The van der Waals surface area contributed by atoms with Gasteiger partial charge in [-0.15, -0.1) is 0 Å². The zero-order valence-electron chi connectivity index (χ0n) is 12.1. The Morgan fingerprint density at radius 1 is 1.53 bits per heavy atom. The molecule has 0 heterocycles. The van der Waals surface area contributed by atoms with Crippen molar-refractivity contribution in [3.8, 4) is 0 Å². The fourth-order valence-corrected chi connectivity index (χ4v) is 2.38. The van der Waals surface area contributed by atoms with Crippen LogP contribution in [0.4, 0.5) is 0 Å². The lowest BCUT2D eigenvalue weighted by molar-refractivity contribution is -0.124. The summed E-state index contributed by atoms with van der Waals surface area (Å²) in [5.41, 5.74) is 1.38. The molecule has 0 saturated heterocycles. The molecule has 1 aliphatic carbocycles. The van der Waals surface area contributed by atoms with E-state index in [1.54, 1.807) is 0 Å². The van der Waals surface area contributed by atoms with Crippen molar-refractivity contribution in [2.45, 2.75) is 54.4 Å². The third-order valence-corrected chi connectivity index (χ3v) is 4.41. The maximum atomic E-state index is 11.8. The van der Waals surface area contributed by atoms with Crippen LogP contribution in [0.25, 0.3) is 0 Å². The van der Waals surface area contributed by atoms with Gasteiger partial charge < -0.3 is 0 Å². The van der Waals surface area contributed by atoms with E-state index in [9.17, 15) is 4.79 Å². The van der Waals surface area contributed by atoms with Crippen LogP contribution in [-0.4, -0.2) is 5.78 Å². The van der Waals surface area contributed by atoms with E-state index < -0.39 is 0 Å². The Morgan fingerprint density at radius 2 is 2.12 bits per heavy atom. The lowest BCUT2D eigenvalue weighted by Crippen LogP contribution is -2.23. The smallest absolute Gasteiger partial charge is 0.141 e. The highest BCUT2D eigenvalue weighted by molar-refractivity contribution is 5.85. The van der Waals surface area contributed by atoms with E-state index in [-0.39, 0.29) is 10.8 Å². The van der Waals surface area contributed by atoms with Crippen molar-refractivity contribution < 1.29 is 4.79 Å². The zero-order valence-corrected chi connectivity index (χ0v) is 12.1. The monoisotopic (exact) mass is 234 g/mol. The third-order valence-electron chi connectivity index (χ3n) is 4.41. The number of carbonyl (C=O) groups is 1. The summed E-state index contributed by atoms with van der Waals surface area (Å²) in [4.78, 5) is 11.8. The van der Waals surface area contributed by atoms with Crippen LogP contribution in [0.5, 0.6) is 0 Å². The Morgan fingerprint density at radius 3 is 2.53 bits per heavy atom. The molecular weight excluding hydrogens is 208 g/mol. The minimum Gasteiger partial charge on any atom is -0.299 e. The van der Waals surface area contributed by atoms with Crippen molar-refractivity contribution in [2.75, 3.05) is 0 Å². The molecule has 0 amide bonds. The molecule has 0 saturated carbocycles. The first-order chi connectivity index (χ1) is 7.71. The first kappa shape index (κ1) is 14.2. The number of allylic oxidation sites excluding steroid dienone is 4. The molecule has 1 atom stereocenters. The highest BCUT2D eigenvalue weighted by Gasteiger charge is 2.33. The van der Waals surface area contributed by atoms with Gasteiger partial charge in [-0.1, -0.05) is 44.6 Å². The number of carbonyl (C=O) groups excluding carboxylic acids is 1. The lowest BCUT2D eigenvalue weighted by Gasteiger charge is -2.28. The van der Waals surface area contributed by atoms with Crippen molar-refractivity contribution in [3.63, 3.8) is 0 Å². The van der Waals surface area contributed by atoms with Gasteiger partial charge in [0.15, 0.2) is 0 Å². The summed E-state index contributed by atoms with van der Waals surface area (Å²) < 4.78 is 0.